The van der Waals surface area contributed by atoms with Gasteiger partial charge in [-0.3, -0.25) is 4.79 Å². The molecule has 1 heterocycles. The van der Waals surface area contributed by atoms with Crippen molar-refractivity contribution in [2.45, 2.75) is 46.1 Å². The standard InChI is InChI=1S/C30H34ClN3O3/c1-21(2)25-14-9-22(3)19-28(25)36-18-6-17-34-27-8-5-4-7-26(27)33-29(34)15-16-32-30(35)20-37-24-12-10-23(31)11-13-24/h4-5,7-14,19,21H,6,15-18,20H2,1-3H3,(H,32,35). The van der Waals surface area contributed by atoms with Crippen LogP contribution in [0.4, 0.5) is 0 Å². The van der Waals surface area contributed by atoms with E-state index in [1.807, 2.05) is 18.2 Å². The summed E-state index contributed by atoms with van der Waals surface area (Å²) in [5.74, 6) is 2.75. The lowest BCUT2D eigenvalue weighted by Crippen LogP contribution is -2.31. The maximum atomic E-state index is 12.3. The molecular formula is C30H34ClN3O3. The number of benzene rings is 3. The van der Waals surface area contributed by atoms with Gasteiger partial charge in [0.2, 0.25) is 0 Å². The highest BCUT2D eigenvalue weighted by Gasteiger charge is 2.12. The van der Waals surface area contributed by atoms with E-state index in [1.165, 1.54) is 11.1 Å². The molecule has 7 heteroatoms. The smallest absolute Gasteiger partial charge is 0.257 e. The molecule has 1 amide bonds. The molecule has 6 nitrogen and oxygen atoms in total. The molecule has 0 aliphatic heterocycles. The van der Waals surface area contributed by atoms with E-state index in [0.717, 1.165) is 35.6 Å². The predicted octanol–water partition coefficient (Wildman–Crippen LogP) is 6.33. The Labute approximate surface area is 223 Å². The highest BCUT2D eigenvalue weighted by Crippen LogP contribution is 2.27. The molecule has 0 saturated heterocycles. The molecule has 0 aliphatic carbocycles. The summed E-state index contributed by atoms with van der Waals surface area (Å²) in [6.07, 6.45) is 1.47. The SMILES string of the molecule is Cc1ccc(C(C)C)c(OCCCn2c(CCNC(=O)COc3ccc(Cl)cc3)nc3ccccc32)c1. The molecule has 0 saturated carbocycles. The van der Waals surface area contributed by atoms with Gasteiger partial charge in [-0.05, 0) is 72.9 Å². The number of aromatic nitrogens is 2. The molecule has 194 valence electrons. The largest absolute Gasteiger partial charge is 0.493 e. The number of halogens is 1. The van der Waals surface area contributed by atoms with Crippen LogP contribution >= 0.6 is 11.6 Å². The fourth-order valence-corrected chi connectivity index (χ4v) is 4.38. The number of fused-ring (bicyclic) bond motifs is 1. The molecule has 4 aromatic rings. The third-order valence-corrected chi connectivity index (χ3v) is 6.41. The first kappa shape index (κ1) is 26.6. The summed E-state index contributed by atoms with van der Waals surface area (Å²) in [6, 6.07) is 21.5. The highest BCUT2D eigenvalue weighted by molar-refractivity contribution is 6.30. The first-order chi connectivity index (χ1) is 17.9. The van der Waals surface area contributed by atoms with Crippen LogP contribution in [0.2, 0.25) is 5.02 Å². The van der Waals surface area contributed by atoms with E-state index >= 15 is 0 Å². The van der Waals surface area contributed by atoms with Crippen LogP contribution < -0.4 is 14.8 Å². The number of para-hydroxylation sites is 2. The third kappa shape index (κ3) is 7.26. The van der Waals surface area contributed by atoms with Gasteiger partial charge in [0.25, 0.3) is 5.91 Å². The van der Waals surface area contributed by atoms with Crippen molar-refractivity contribution in [3.63, 3.8) is 0 Å². The van der Waals surface area contributed by atoms with E-state index in [9.17, 15) is 4.79 Å². The van der Waals surface area contributed by atoms with Gasteiger partial charge in [0.15, 0.2) is 6.61 Å². The fraction of sp³-hybridized carbons (Fsp3) is 0.333. The Morgan fingerprint density at radius 2 is 1.84 bits per heavy atom. The molecule has 0 bridgehead atoms. The lowest BCUT2D eigenvalue weighted by atomic mass is 10.0. The number of imidazole rings is 1. The van der Waals surface area contributed by atoms with Crippen LogP contribution in [-0.2, 0) is 17.8 Å². The molecular weight excluding hydrogens is 486 g/mol. The molecule has 0 fully saturated rings. The van der Waals surface area contributed by atoms with Crippen LogP contribution in [0.3, 0.4) is 0 Å². The van der Waals surface area contributed by atoms with E-state index in [4.69, 9.17) is 26.1 Å². The van der Waals surface area contributed by atoms with Gasteiger partial charge in [0.05, 0.1) is 17.6 Å². The van der Waals surface area contributed by atoms with Crippen molar-refractivity contribution in [1.29, 1.82) is 0 Å². The first-order valence-electron chi connectivity index (χ1n) is 12.7. The minimum atomic E-state index is -0.176. The second-order valence-corrected chi connectivity index (χ2v) is 9.85. The molecule has 0 radical (unpaired) electrons. The van der Waals surface area contributed by atoms with Crippen molar-refractivity contribution in [1.82, 2.24) is 14.9 Å². The Kier molecular flexibility index (Phi) is 9.07. The summed E-state index contributed by atoms with van der Waals surface area (Å²) in [5, 5.41) is 3.55. The van der Waals surface area contributed by atoms with Crippen LogP contribution in [0.1, 0.15) is 43.1 Å². The van der Waals surface area contributed by atoms with Crippen molar-refractivity contribution in [2.75, 3.05) is 19.8 Å². The summed E-state index contributed by atoms with van der Waals surface area (Å²) in [6.45, 7) is 8.29. The fourth-order valence-electron chi connectivity index (χ4n) is 4.26. The summed E-state index contributed by atoms with van der Waals surface area (Å²) >= 11 is 5.88. The molecule has 0 unspecified atom stereocenters. The van der Waals surface area contributed by atoms with Crippen molar-refractivity contribution in [2.24, 2.45) is 0 Å². The number of nitrogens with zero attached hydrogens (tertiary/aromatic N) is 2. The molecule has 1 aromatic heterocycles. The number of rotatable bonds is 12. The van der Waals surface area contributed by atoms with Crippen molar-refractivity contribution < 1.29 is 14.3 Å². The van der Waals surface area contributed by atoms with Crippen LogP contribution in [0.5, 0.6) is 11.5 Å². The zero-order valence-corrected chi connectivity index (χ0v) is 22.4. The maximum absolute atomic E-state index is 12.3. The summed E-state index contributed by atoms with van der Waals surface area (Å²) in [4.78, 5) is 17.1. The molecule has 4 rings (SSSR count). The number of aryl methyl sites for hydroxylation is 2. The van der Waals surface area contributed by atoms with E-state index in [-0.39, 0.29) is 12.5 Å². The van der Waals surface area contributed by atoms with E-state index in [2.05, 4.69) is 54.9 Å². The second-order valence-electron chi connectivity index (χ2n) is 9.41. The zero-order chi connectivity index (χ0) is 26.2. The first-order valence-corrected chi connectivity index (χ1v) is 13.1. The van der Waals surface area contributed by atoms with Crippen molar-refractivity contribution in [3.8, 4) is 11.5 Å². The molecule has 0 spiro atoms. The van der Waals surface area contributed by atoms with Gasteiger partial charge in [0, 0.05) is 24.5 Å². The molecule has 3 aromatic carbocycles. The van der Waals surface area contributed by atoms with E-state index in [1.54, 1.807) is 24.3 Å². The number of hydrogen-bond acceptors (Lipinski definition) is 4. The number of amides is 1. The second kappa shape index (κ2) is 12.6. The summed E-state index contributed by atoms with van der Waals surface area (Å²) in [5.41, 5.74) is 4.47. The lowest BCUT2D eigenvalue weighted by molar-refractivity contribution is -0.123. The molecule has 1 N–H and O–H groups in total. The van der Waals surface area contributed by atoms with Gasteiger partial charge in [0.1, 0.15) is 17.3 Å². The predicted molar refractivity (Wildman–Crippen MR) is 149 cm³/mol. The van der Waals surface area contributed by atoms with Gasteiger partial charge in [-0.25, -0.2) is 4.98 Å². The van der Waals surface area contributed by atoms with Crippen LogP contribution in [0.25, 0.3) is 11.0 Å². The number of nitrogens with one attached hydrogen (secondary N) is 1. The monoisotopic (exact) mass is 519 g/mol. The Morgan fingerprint density at radius 1 is 1.05 bits per heavy atom. The lowest BCUT2D eigenvalue weighted by Gasteiger charge is -2.15. The quantitative estimate of drug-likeness (QED) is 0.222. The minimum absolute atomic E-state index is 0.0489. The van der Waals surface area contributed by atoms with Crippen molar-refractivity contribution in [3.05, 3.63) is 88.7 Å². The normalized spacial score (nSPS) is 11.2. The van der Waals surface area contributed by atoms with Gasteiger partial charge in [-0.1, -0.05) is 49.7 Å². The van der Waals surface area contributed by atoms with Crippen molar-refractivity contribution >= 4 is 28.5 Å². The van der Waals surface area contributed by atoms with Crippen LogP contribution in [0, 0.1) is 6.92 Å². The number of carbonyl (C=O) groups excluding carboxylic acids is 1. The Bertz CT molecular complexity index is 1330. The Morgan fingerprint density at radius 3 is 2.62 bits per heavy atom. The molecule has 0 aliphatic rings. The number of carbonyl (C=O) groups is 1. The topological polar surface area (TPSA) is 65.4 Å². The molecule has 0 atom stereocenters. The average Bonchev–Trinajstić information content (AvgIpc) is 3.23. The van der Waals surface area contributed by atoms with E-state index in [0.29, 0.717) is 36.3 Å². The minimum Gasteiger partial charge on any atom is -0.493 e. The van der Waals surface area contributed by atoms with E-state index < -0.39 is 0 Å². The molecule has 37 heavy (non-hydrogen) atoms. The van der Waals surface area contributed by atoms with Crippen LogP contribution in [-0.4, -0.2) is 35.2 Å². The van der Waals surface area contributed by atoms with Gasteiger partial charge in [-0.15, -0.1) is 0 Å². The summed E-state index contributed by atoms with van der Waals surface area (Å²) in [7, 11) is 0. The Hall–Kier alpha value is -3.51. The van der Waals surface area contributed by atoms with Gasteiger partial charge < -0.3 is 19.4 Å². The summed E-state index contributed by atoms with van der Waals surface area (Å²) < 4.78 is 14.0. The highest BCUT2D eigenvalue weighted by atomic mass is 35.5. The maximum Gasteiger partial charge on any atom is 0.257 e. The number of ether oxygens (including phenoxy) is 2. The van der Waals surface area contributed by atoms with Gasteiger partial charge >= 0.3 is 0 Å². The van der Waals surface area contributed by atoms with Crippen LogP contribution in [0.15, 0.2) is 66.7 Å². The Balaban J connectivity index is 1.32. The van der Waals surface area contributed by atoms with Gasteiger partial charge in [-0.2, -0.15) is 0 Å². The third-order valence-electron chi connectivity index (χ3n) is 6.16. The zero-order valence-electron chi connectivity index (χ0n) is 21.7. The number of hydrogen-bond donors (Lipinski definition) is 1. The average molecular weight is 520 g/mol.